The second-order valence-electron chi connectivity index (χ2n) is 4.85. The van der Waals surface area contributed by atoms with Gasteiger partial charge in [-0.15, -0.1) is 0 Å². The minimum absolute atomic E-state index is 0.00523. The number of methoxy groups -OCH3 is 1. The molecule has 0 spiro atoms. The molecule has 0 aromatic heterocycles. The number of carbonyl (C=O) groups is 1. The quantitative estimate of drug-likeness (QED) is 0.447. The normalized spacial score (nSPS) is 10.5. The summed E-state index contributed by atoms with van der Waals surface area (Å²) in [4.78, 5) is 22.0. The number of ether oxygens (including phenoxy) is 1. The van der Waals surface area contributed by atoms with Gasteiger partial charge in [-0.3, -0.25) is 14.9 Å². The van der Waals surface area contributed by atoms with E-state index in [-0.39, 0.29) is 23.2 Å². The van der Waals surface area contributed by atoms with E-state index < -0.39 is 4.92 Å². The Kier molecular flexibility index (Phi) is 6.30. The first-order valence-corrected chi connectivity index (χ1v) is 7.51. The molecule has 0 heterocycles. The number of nitrogens with zero attached hydrogens (tertiary/aromatic N) is 2. The van der Waals surface area contributed by atoms with Crippen molar-refractivity contribution in [3.8, 4) is 5.75 Å². The third kappa shape index (κ3) is 5.47. The monoisotopic (exact) mass is 362 g/mol. The highest BCUT2D eigenvalue weighted by atomic mass is 35.5. The number of nitrogens with one attached hydrogen (secondary N) is 2. The molecule has 130 valence electrons. The number of nitro benzene ring substituents is 1. The van der Waals surface area contributed by atoms with E-state index in [0.717, 1.165) is 5.69 Å². The van der Waals surface area contributed by atoms with Gasteiger partial charge in [-0.2, -0.15) is 5.10 Å². The summed E-state index contributed by atoms with van der Waals surface area (Å²) in [7, 11) is 1.56. The number of anilines is 1. The van der Waals surface area contributed by atoms with E-state index in [1.807, 2.05) is 0 Å². The maximum absolute atomic E-state index is 11.7. The largest absolute Gasteiger partial charge is 0.497 e. The van der Waals surface area contributed by atoms with E-state index in [9.17, 15) is 14.9 Å². The van der Waals surface area contributed by atoms with Crippen molar-refractivity contribution in [2.24, 2.45) is 5.10 Å². The Morgan fingerprint density at radius 2 is 2.16 bits per heavy atom. The molecule has 2 rings (SSSR count). The first kappa shape index (κ1) is 18.2. The van der Waals surface area contributed by atoms with Crippen LogP contribution in [0.2, 0.25) is 5.02 Å². The van der Waals surface area contributed by atoms with E-state index in [0.29, 0.717) is 11.3 Å². The van der Waals surface area contributed by atoms with Crippen molar-refractivity contribution in [1.82, 2.24) is 5.43 Å². The summed E-state index contributed by atoms with van der Waals surface area (Å²) in [6, 6.07) is 11.4. The Hall–Kier alpha value is -3.13. The van der Waals surface area contributed by atoms with Crippen LogP contribution in [0.3, 0.4) is 0 Å². The van der Waals surface area contributed by atoms with Crippen molar-refractivity contribution in [2.75, 3.05) is 19.0 Å². The third-order valence-corrected chi connectivity index (χ3v) is 3.41. The summed E-state index contributed by atoms with van der Waals surface area (Å²) in [5.41, 5.74) is 3.27. The first-order chi connectivity index (χ1) is 12.0. The van der Waals surface area contributed by atoms with Crippen LogP contribution in [0, 0.1) is 10.1 Å². The van der Waals surface area contributed by atoms with E-state index in [1.54, 1.807) is 37.4 Å². The van der Waals surface area contributed by atoms with Crippen molar-refractivity contribution in [2.45, 2.75) is 0 Å². The summed E-state index contributed by atoms with van der Waals surface area (Å²) in [6.07, 6.45) is 1.30. The lowest BCUT2D eigenvalue weighted by atomic mass is 10.2. The standard InChI is InChI=1S/C16H15ClN4O4/c1-25-13-4-2-3-12(8-13)18-10-16(22)20-19-9-11-5-6-14(17)15(7-11)21(23)24/h2-9,18H,10H2,1H3,(H,20,22)/b19-9-. The SMILES string of the molecule is COc1cccc(NCC(=O)N/N=C\c2ccc(Cl)c([N+](=O)[O-])c2)c1. The van der Waals surface area contributed by atoms with Crippen LogP contribution in [-0.4, -0.2) is 30.7 Å². The molecule has 2 aromatic rings. The minimum atomic E-state index is -0.587. The molecule has 0 aliphatic rings. The predicted octanol–water partition coefficient (Wildman–Crippen LogP) is 2.82. The second-order valence-corrected chi connectivity index (χ2v) is 5.25. The fourth-order valence-electron chi connectivity index (χ4n) is 1.88. The molecular weight excluding hydrogens is 348 g/mol. The van der Waals surface area contributed by atoms with Gasteiger partial charge < -0.3 is 10.1 Å². The van der Waals surface area contributed by atoms with Gasteiger partial charge in [0.15, 0.2) is 0 Å². The zero-order chi connectivity index (χ0) is 18.2. The number of hydrazone groups is 1. The molecule has 2 aromatic carbocycles. The van der Waals surface area contributed by atoms with E-state index in [2.05, 4.69) is 15.8 Å². The fourth-order valence-corrected chi connectivity index (χ4v) is 2.07. The Balaban J connectivity index is 1.88. The molecule has 9 heteroatoms. The maximum atomic E-state index is 11.7. The lowest BCUT2D eigenvalue weighted by Gasteiger charge is -2.06. The highest BCUT2D eigenvalue weighted by Gasteiger charge is 2.11. The van der Waals surface area contributed by atoms with Crippen LogP contribution in [0.25, 0.3) is 0 Å². The lowest BCUT2D eigenvalue weighted by molar-refractivity contribution is -0.384. The van der Waals surface area contributed by atoms with Crippen molar-refractivity contribution >= 4 is 35.1 Å². The highest BCUT2D eigenvalue weighted by molar-refractivity contribution is 6.32. The number of nitro groups is 1. The van der Waals surface area contributed by atoms with Crippen LogP contribution in [0.15, 0.2) is 47.6 Å². The number of rotatable bonds is 7. The predicted molar refractivity (Wildman–Crippen MR) is 95.3 cm³/mol. The topological polar surface area (TPSA) is 106 Å². The molecule has 0 saturated carbocycles. The summed E-state index contributed by atoms with van der Waals surface area (Å²) in [5, 5.41) is 17.5. The Bertz CT molecular complexity index is 810. The number of hydrogen-bond donors (Lipinski definition) is 2. The molecule has 0 saturated heterocycles. The Morgan fingerprint density at radius 1 is 1.36 bits per heavy atom. The second kappa shape index (κ2) is 8.65. The zero-order valence-corrected chi connectivity index (χ0v) is 14.0. The summed E-state index contributed by atoms with van der Waals surface area (Å²) in [6.45, 7) is 0.00523. The smallest absolute Gasteiger partial charge is 0.288 e. The van der Waals surface area contributed by atoms with Crippen LogP contribution in [0.5, 0.6) is 5.75 Å². The highest BCUT2D eigenvalue weighted by Crippen LogP contribution is 2.24. The van der Waals surface area contributed by atoms with Gasteiger partial charge in [0.1, 0.15) is 10.8 Å². The molecule has 8 nitrogen and oxygen atoms in total. The number of benzene rings is 2. The van der Waals surface area contributed by atoms with E-state index in [4.69, 9.17) is 16.3 Å². The fraction of sp³-hybridized carbons (Fsp3) is 0.125. The molecule has 0 radical (unpaired) electrons. The van der Waals surface area contributed by atoms with Crippen molar-refractivity contribution < 1.29 is 14.5 Å². The summed E-state index contributed by atoms with van der Waals surface area (Å²) in [5.74, 6) is 0.301. The minimum Gasteiger partial charge on any atom is -0.497 e. The zero-order valence-electron chi connectivity index (χ0n) is 13.2. The molecule has 0 fully saturated rings. The van der Waals surface area contributed by atoms with Gasteiger partial charge in [0.2, 0.25) is 0 Å². The molecular formula is C16H15ClN4O4. The van der Waals surface area contributed by atoms with Crippen LogP contribution in [-0.2, 0) is 4.79 Å². The number of hydrogen-bond acceptors (Lipinski definition) is 6. The molecule has 0 aliphatic carbocycles. The van der Waals surface area contributed by atoms with Gasteiger partial charge in [0, 0.05) is 23.4 Å². The molecule has 2 N–H and O–H groups in total. The van der Waals surface area contributed by atoms with Crippen LogP contribution < -0.4 is 15.5 Å². The number of amides is 1. The molecule has 0 bridgehead atoms. The van der Waals surface area contributed by atoms with Crippen molar-refractivity contribution in [1.29, 1.82) is 0 Å². The van der Waals surface area contributed by atoms with Crippen molar-refractivity contribution in [3.05, 3.63) is 63.2 Å². The molecule has 0 aliphatic heterocycles. The van der Waals surface area contributed by atoms with Crippen LogP contribution >= 0.6 is 11.6 Å². The number of halogens is 1. The molecule has 0 atom stereocenters. The van der Waals surface area contributed by atoms with Gasteiger partial charge in [-0.25, -0.2) is 5.43 Å². The van der Waals surface area contributed by atoms with Gasteiger partial charge in [-0.05, 0) is 18.2 Å². The van der Waals surface area contributed by atoms with Gasteiger partial charge in [0.25, 0.3) is 11.6 Å². The first-order valence-electron chi connectivity index (χ1n) is 7.13. The van der Waals surface area contributed by atoms with Crippen molar-refractivity contribution in [3.63, 3.8) is 0 Å². The molecule has 25 heavy (non-hydrogen) atoms. The van der Waals surface area contributed by atoms with Gasteiger partial charge in [0.05, 0.1) is 24.8 Å². The average Bonchev–Trinajstić information content (AvgIpc) is 2.61. The summed E-state index contributed by atoms with van der Waals surface area (Å²) >= 11 is 5.72. The van der Waals surface area contributed by atoms with Crippen LogP contribution in [0.1, 0.15) is 5.56 Å². The molecule has 1 amide bonds. The third-order valence-electron chi connectivity index (χ3n) is 3.09. The van der Waals surface area contributed by atoms with Gasteiger partial charge in [-0.1, -0.05) is 23.7 Å². The van der Waals surface area contributed by atoms with E-state index in [1.165, 1.54) is 18.3 Å². The molecule has 0 unspecified atom stereocenters. The summed E-state index contributed by atoms with van der Waals surface area (Å²) < 4.78 is 5.09. The van der Waals surface area contributed by atoms with Gasteiger partial charge >= 0.3 is 0 Å². The van der Waals surface area contributed by atoms with E-state index >= 15 is 0 Å². The Labute approximate surface area is 148 Å². The Morgan fingerprint density at radius 3 is 2.88 bits per heavy atom. The lowest BCUT2D eigenvalue weighted by Crippen LogP contribution is -2.25. The number of carbonyl (C=O) groups excluding carboxylic acids is 1. The average molecular weight is 363 g/mol. The maximum Gasteiger partial charge on any atom is 0.288 e. The van der Waals surface area contributed by atoms with Crippen LogP contribution in [0.4, 0.5) is 11.4 Å².